The van der Waals surface area contributed by atoms with Crippen molar-refractivity contribution in [3.63, 3.8) is 0 Å². The third-order valence-electron chi connectivity index (χ3n) is 2.01. The maximum atomic E-state index is 13.2. The lowest BCUT2D eigenvalue weighted by Crippen LogP contribution is -2.10. The molecule has 0 aliphatic carbocycles. The second kappa shape index (κ2) is 5.99. The summed E-state index contributed by atoms with van der Waals surface area (Å²) in [5, 5.41) is 0.342. The number of ketones is 1. The SMILES string of the molecule is CC(C)SCC(=O)Cc1c(F)cccc1F. The molecule has 0 fully saturated rings. The van der Waals surface area contributed by atoms with Gasteiger partial charge in [-0.1, -0.05) is 19.9 Å². The number of benzene rings is 1. The number of rotatable bonds is 5. The van der Waals surface area contributed by atoms with E-state index in [0.717, 1.165) is 0 Å². The number of carbonyl (C=O) groups excluding carboxylic acids is 1. The first-order chi connectivity index (χ1) is 7.50. The Morgan fingerprint density at radius 2 is 1.88 bits per heavy atom. The molecule has 0 atom stereocenters. The van der Waals surface area contributed by atoms with Gasteiger partial charge in [0.25, 0.3) is 0 Å². The summed E-state index contributed by atoms with van der Waals surface area (Å²) in [6.07, 6.45) is -0.168. The molecule has 1 aromatic carbocycles. The molecule has 88 valence electrons. The third-order valence-corrected chi connectivity index (χ3v) is 3.17. The summed E-state index contributed by atoms with van der Waals surface area (Å²) in [7, 11) is 0. The van der Waals surface area contributed by atoms with Gasteiger partial charge in [0.2, 0.25) is 0 Å². The molecule has 0 amide bonds. The van der Waals surface area contributed by atoms with Crippen LogP contribution in [0.5, 0.6) is 0 Å². The Balaban J connectivity index is 2.63. The first-order valence-electron chi connectivity index (χ1n) is 5.07. The van der Waals surface area contributed by atoms with E-state index in [1.165, 1.54) is 30.0 Å². The molecule has 4 heteroatoms. The third kappa shape index (κ3) is 3.93. The summed E-state index contributed by atoms with van der Waals surface area (Å²) in [5.41, 5.74) is -0.128. The van der Waals surface area contributed by atoms with Crippen LogP contribution < -0.4 is 0 Å². The molecule has 1 nitrogen and oxygen atoms in total. The van der Waals surface area contributed by atoms with Gasteiger partial charge >= 0.3 is 0 Å². The molecule has 0 spiro atoms. The fourth-order valence-corrected chi connectivity index (χ4v) is 1.83. The maximum Gasteiger partial charge on any atom is 0.147 e. The van der Waals surface area contributed by atoms with Crippen molar-refractivity contribution in [3.05, 3.63) is 35.4 Å². The molecule has 1 aromatic rings. The molecular formula is C12H14F2OS. The minimum atomic E-state index is -0.650. The summed E-state index contributed by atoms with van der Waals surface area (Å²) >= 11 is 1.48. The van der Waals surface area contributed by atoms with Gasteiger partial charge in [-0.05, 0) is 17.4 Å². The predicted molar refractivity (Wildman–Crippen MR) is 62.7 cm³/mol. The Morgan fingerprint density at radius 3 is 2.38 bits per heavy atom. The second-order valence-corrected chi connectivity index (χ2v) is 5.34. The van der Waals surface area contributed by atoms with Crippen molar-refractivity contribution in [3.8, 4) is 0 Å². The molecule has 0 radical (unpaired) electrons. The van der Waals surface area contributed by atoms with Gasteiger partial charge in [0.1, 0.15) is 17.4 Å². The van der Waals surface area contributed by atoms with Crippen LogP contribution in [0.4, 0.5) is 8.78 Å². The lowest BCUT2D eigenvalue weighted by molar-refractivity contribution is -0.116. The quantitative estimate of drug-likeness (QED) is 0.791. The normalized spacial score (nSPS) is 10.8. The van der Waals surface area contributed by atoms with Gasteiger partial charge in [0.15, 0.2) is 0 Å². The molecule has 1 rings (SSSR count). The summed E-state index contributed by atoms with van der Waals surface area (Å²) in [4.78, 5) is 11.5. The second-order valence-electron chi connectivity index (χ2n) is 3.78. The van der Waals surface area contributed by atoms with Crippen LogP contribution in [-0.2, 0) is 11.2 Å². The summed E-state index contributed by atoms with van der Waals surface area (Å²) in [5.74, 6) is -1.15. The topological polar surface area (TPSA) is 17.1 Å². The van der Waals surface area contributed by atoms with E-state index in [1.807, 2.05) is 13.8 Å². The van der Waals surface area contributed by atoms with E-state index < -0.39 is 11.6 Å². The number of halogens is 2. The van der Waals surface area contributed by atoms with Crippen LogP contribution in [0.2, 0.25) is 0 Å². The van der Waals surface area contributed by atoms with E-state index in [-0.39, 0.29) is 17.8 Å². The Morgan fingerprint density at radius 1 is 1.31 bits per heavy atom. The van der Waals surface area contributed by atoms with E-state index in [1.54, 1.807) is 0 Å². The van der Waals surface area contributed by atoms with Gasteiger partial charge in [-0.3, -0.25) is 4.79 Å². The minimum absolute atomic E-state index is 0.128. The van der Waals surface area contributed by atoms with Crippen LogP contribution in [0, 0.1) is 11.6 Å². The van der Waals surface area contributed by atoms with Crippen LogP contribution in [0.15, 0.2) is 18.2 Å². The van der Waals surface area contributed by atoms with Crippen molar-refractivity contribution in [2.75, 3.05) is 5.75 Å². The van der Waals surface area contributed by atoms with Gasteiger partial charge in [-0.25, -0.2) is 8.78 Å². The van der Waals surface area contributed by atoms with E-state index in [0.29, 0.717) is 11.0 Å². The molecule has 0 N–H and O–H groups in total. The Labute approximate surface area is 98.2 Å². The van der Waals surface area contributed by atoms with Gasteiger partial charge in [-0.2, -0.15) is 11.8 Å². The molecule has 16 heavy (non-hydrogen) atoms. The molecule has 0 bridgehead atoms. The number of thioether (sulfide) groups is 1. The fraction of sp³-hybridized carbons (Fsp3) is 0.417. The van der Waals surface area contributed by atoms with Crippen molar-refractivity contribution in [1.82, 2.24) is 0 Å². The highest BCUT2D eigenvalue weighted by Gasteiger charge is 2.13. The van der Waals surface area contributed by atoms with Crippen molar-refractivity contribution < 1.29 is 13.6 Å². The van der Waals surface area contributed by atoms with Crippen LogP contribution in [0.25, 0.3) is 0 Å². The summed E-state index contributed by atoms with van der Waals surface area (Å²) in [6, 6.07) is 3.63. The van der Waals surface area contributed by atoms with Crippen molar-refractivity contribution in [2.45, 2.75) is 25.5 Å². The first kappa shape index (κ1) is 13.2. The molecular weight excluding hydrogens is 230 g/mol. The van der Waals surface area contributed by atoms with Crippen LogP contribution >= 0.6 is 11.8 Å². The molecule has 0 aliphatic rings. The molecule has 0 aliphatic heterocycles. The monoisotopic (exact) mass is 244 g/mol. The van der Waals surface area contributed by atoms with Crippen LogP contribution in [-0.4, -0.2) is 16.8 Å². The number of hydrogen-bond acceptors (Lipinski definition) is 2. The maximum absolute atomic E-state index is 13.2. The molecule has 0 saturated carbocycles. The zero-order chi connectivity index (χ0) is 12.1. The van der Waals surface area contributed by atoms with Crippen LogP contribution in [0.3, 0.4) is 0 Å². The van der Waals surface area contributed by atoms with E-state index in [2.05, 4.69) is 0 Å². The highest BCUT2D eigenvalue weighted by Crippen LogP contribution is 2.15. The van der Waals surface area contributed by atoms with Gasteiger partial charge < -0.3 is 0 Å². The van der Waals surface area contributed by atoms with Gasteiger partial charge in [0.05, 0.1) is 5.75 Å². The molecule has 0 saturated heterocycles. The van der Waals surface area contributed by atoms with Crippen molar-refractivity contribution >= 4 is 17.5 Å². The molecule has 0 heterocycles. The number of carbonyl (C=O) groups is 1. The van der Waals surface area contributed by atoms with Gasteiger partial charge in [-0.15, -0.1) is 0 Å². The van der Waals surface area contributed by atoms with Crippen molar-refractivity contribution in [1.29, 1.82) is 0 Å². The average Bonchev–Trinajstić information content (AvgIpc) is 2.21. The molecule has 0 aromatic heterocycles. The number of Topliss-reactive ketones (excluding diaryl/α,β-unsaturated/α-hetero) is 1. The number of hydrogen-bond donors (Lipinski definition) is 0. The largest absolute Gasteiger partial charge is 0.298 e. The van der Waals surface area contributed by atoms with Crippen molar-refractivity contribution in [2.24, 2.45) is 0 Å². The lowest BCUT2D eigenvalue weighted by Gasteiger charge is -2.05. The zero-order valence-corrected chi connectivity index (χ0v) is 10.1. The highest BCUT2D eigenvalue weighted by atomic mass is 32.2. The lowest BCUT2D eigenvalue weighted by atomic mass is 10.1. The standard InChI is InChI=1S/C12H14F2OS/c1-8(2)16-7-9(15)6-10-11(13)4-3-5-12(10)14/h3-5,8H,6-7H2,1-2H3. The Hall–Kier alpha value is -0.900. The first-order valence-corrected chi connectivity index (χ1v) is 6.11. The zero-order valence-electron chi connectivity index (χ0n) is 9.30. The van der Waals surface area contributed by atoms with Gasteiger partial charge in [0, 0.05) is 12.0 Å². The minimum Gasteiger partial charge on any atom is -0.298 e. The summed E-state index contributed by atoms with van der Waals surface area (Å²) in [6.45, 7) is 3.95. The fourth-order valence-electron chi connectivity index (χ4n) is 1.21. The van der Waals surface area contributed by atoms with Crippen LogP contribution in [0.1, 0.15) is 19.4 Å². The Kier molecular flexibility index (Phi) is 4.93. The summed E-state index contributed by atoms with van der Waals surface area (Å²) < 4.78 is 26.4. The average molecular weight is 244 g/mol. The predicted octanol–water partition coefficient (Wildman–Crippen LogP) is 3.22. The smallest absolute Gasteiger partial charge is 0.147 e. The van der Waals surface area contributed by atoms with E-state index in [4.69, 9.17) is 0 Å². The van der Waals surface area contributed by atoms with E-state index >= 15 is 0 Å². The highest BCUT2D eigenvalue weighted by molar-refractivity contribution is 8.00. The Bertz CT molecular complexity index is 357. The molecule has 0 unspecified atom stereocenters. The van der Waals surface area contributed by atoms with E-state index in [9.17, 15) is 13.6 Å².